The first-order chi connectivity index (χ1) is 7.27. The van der Waals surface area contributed by atoms with Crippen LogP contribution in [0.4, 0.5) is 0 Å². The van der Waals surface area contributed by atoms with Gasteiger partial charge in [0.1, 0.15) is 17.1 Å². The molecule has 0 atom stereocenters. The summed E-state index contributed by atoms with van der Waals surface area (Å²) in [6, 6.07) is 5.40. The second-order valence-electron chi connectivity index (χ2n) is 3.68. The largest absolute Gasteiger partial charge is 0.496 e. The van der Waals surface area contributed by atoms with Gasteiger partial charge in [0, 0.05) is 5.92 Å². The van der Waals surface area contributed by atoms with E-state index in [4.69, 9.17) is 9.47 Å². The maximum Gasteiger partial charge on any atom is 0.173 e. The topological polar surface area (TPSA) is 35.5 Å². The van der Waals surface area contributed by atoms with Gasteiger partial charge in [0.05, 0.1) is 14.2 Å². The summed E-state index contributed by atoms with van der Waals surface area (Å²) in [5.74, 6) is 1.52. The summed E-state index contributed by atoms with van der Waals surface area (Å²) < 4.78 is 10.4. The van der Waals surface area contributed by atoms with Gasteiger partial charge in [0.15, 0.2) is 5.78 Å². The standard InChI is InChI=1S/C12H14O3/c1-14-9-4-3-5-10(15-2)11(9)12(13)8-6-7-8/h3-5,8H,6-7H2,1-2H3. The molecule has 0 radical (unpaired) electrons. The predicted molar refractivity (Wildman–Crippen MR) is 56.6 cm³/mol. The van der Waals surface area contributed by atoms with Crippen molar-refractivity contribution in [2.24, 2.45) is 5.92 Å². The lowest BCUT2D eigenvalue weighted by molar-refractivity contribution is 0.0961. The molecule has 1 saturated carbocycles. The highest BCUT2D eigenvalue weighted by Crippen LogP contribution is 2.38. The van der Waals surface area contributed by atoms with E-state index in [-0.39, 0.29) is 11.7 Å². The molecule has 15 heavy (non-hydrogen) atoms. The van der Waals surface area contributed by atoms with Gasteiger partial charge in [-0.1, -0.05) is 6.07 Å². The number of benzene rings is 1. The first-order valence-corrected chi connectivity index (χ1v) is 5.03. The van der Waals surface area contributed by atoms with Gasteiger partial charge < -0.3 is 9.47 Å². The molecule has 3 nitrogen and oxygen atoms in total. The van der Waals surface area contributed by atoms with Gasteiger partial charge in [-0.2, -0.15) is 0 Å². The highest BCUT2D eigenvalue weighted by molar-refractivity contribution is 6.04. The number of Topliss-reactive ketones (excluding diaryl/α,β-unsaturated/α-hetero) is 1. The van der Waals surface area contributed by atoms with E-state index in [1.807, 2.05) is 6.07 Å². The van der Waals surface area contributed by atoms with Gasteiger partial charge in [-0.25, -0.2) is 0 Å². The number of hydrogen-bond acceptors (Lipinski definition) is 3. The molecule has 1 aliphatic carbocycles. The lowest BCUT2D eigenvalue weighted by Crippen LogP contribution is -2.06. The van der Waals surface area contributed by atoms with Gasteiger partial charge in [0.2, 0.25) is 0 Å². The van der Waals surface area contributed by atoms with Gasteiger partial charge in [-0.15, -0.1) is 0 Å². The first kappa shape index (κ1) is 10.0. The van der Waals surface area contributed by atoms with Crippen molar-refractivity contribution >= 4 is 5.78 Å². The molecule has 80 valence electrons. The third-order valence-electron chi connectivity index (χ3n) is 2.62. The Kier molecular flexibility index (Phi) is 2.62. The highest BCUT2D eigenvalue weighted by atomic mass is 16.5. The number of ketones is 1. The molecule has 0 bridgehead atoms. The van der Waals surface area contributed by atoms with E-state index in [2.05, 4.69) is 0 Å². The number of carbonyl (C=O) groups is 1. The summed E-state index contributed by atoms with van der Waals surface area (Å²) in [6.07, 6.45) is 1.97. The van der Waals surface area contributed by atoms with Crippen LogP contribution in [-0.4, -0.2) is 20.0 Å². The summed E-state index contributed by atoms with van der Waals surface area (Å²) in [6.45, 7) is 0. The van der Waals surface area contributed by atoms with Crippen LogP contribution in [0.5, 0.6) is 11.5 Å². The molecule has 0 amide bonds. The van der Waals surface area contributed by atoms with Gasteiger partial charge in [-0.05, 0) is 25.0 Å². The molecule has 1 aromatic carbocycles. The summed E-state index contributed by atoms with van der Waals surface area (Å²) >= 11 is 0. The van der Waals surface area contributed by atoms with Crippen LogP contribution in [0.1, 0.15) is 23.2 Å². The summed E-state index contributed by atoms with van der Waals surface area (Å²) in [5, 5.41) is 0. The maximum atomic E-state index is 12.0. The fourth-order valence-electron chi connectivity index (χ4n) is 1.64. The lowest BCUT2D eigenvalue weighted by atomic mass is 10.0. The minimum absolute atomic E-state index is 0.143. The molecule has 1 aromatic rings. The van der Waals surface area contributed by atoms with E-state index in [9.17, 15) is 4.79 Å². The average molecular weight is 206 g/mol. The monoisotopic (exact) mass is 206 g/mol. The number of hydrogen-bond donors (Lipinski definition) is 0. The van der Waals surface area contributed by atoms with Crippen molar-refractivity contribution in [2.75, 3.05) is 14.2 Å². The van der Waals surface area contributed by atoms with E-state index in [0.29, 0.717) is 17.1 Å². The van der Waals surface area contributed by atoms with E-state index in [1.54, 1.807) is 26.4 Å². The molecule has 0 saturated heterocycles. The Balaban J connectivity index is 2.44. The van der Waals surface area contributed by atoms with Crippen LogP contribution >= 0.6 is 0 Å². The van der Waals surface area contributed by atoms with Crippen LogP contribution in [0.25, 0.3) is 0 Å². The van der Waals surface area contributed by atoms with E-state index in [0.717, 1.165) is 12.8 Å². The van der Waals surface area contributed by atoms with Crippen LogP contribution in [0, 0.1) is 5.92 Å². The summed E-state index contributed by atoms with van der Waals surface area (Å²) in [4.78, 5) is 12.0. The Hall–Kier alpha value is -1.51. The fourth-order valence-corrected chi connectivity index (χ4v) is 1.64. The molecule has 1 fully saturated rings. The predicted octanol–water partition coefficient (Wildman–Crippen LogP) is 2.30. The van der Waals surface area contributed by atoms with Crippen LogP contribution in [0.15, 0.2) is 18.2 Å². The van der Waals surface area contributed by atoms with Crippen LogP contribution in [0.3, 0.4) is 0 Å². The van der Waals surface area contributed by atoms with E-state index < -0.39 is 0 Å². The molecule has 0 aromatic heterocycles. The quantitative estimate of drug-likeness (QED) is 0.709. The lowest BCUT2D eigenvalue weighted by Gasteiger charge is -2.11. The second-order valence-corrected chi connectivity index (χ2v) is 3.68. The zero-order valence-electron chi connectivity index (χ0n) is 8.95. The third-order valence-corrected chi connectivity index (χ3v) is 2.62. The third kappa shape index (κ3) is 1.82. The summed E-state index contributed by atoms with van der Waals surface area (Å²) in [7, 11) is 3.14. The molecule has 0 unspecified atom stereocenters. The Morgan fingerprint density at radius 1 is 1.20 bits per heavy atom. The van der Waals surface area contributed by atoms with Crippen molar-refractivity contribution in [3.05, 3.63) is 23.8 Å². The van der Waals surface area contributed by atoms with Crippen molar-refractivity contribution in [1.29, 1.82) is 0 Å². The molecule has 0 heterocycles. The number of methoxy groups -OCH3 is 2. The van der Waals surface area contributed by atoms with Crippen molar-refractivity contribution in [3.63, 3.8) is 0 Å². The SMILES string of the molecule is COc1cccc(OC)c1C(=O)C1CC1. The smallest absolute Gasteiger partial charge is 0.173 e. The van der Waals surface area contributed by atoms with Gasteiger partial charge >= 0.3 is 0 Å². The Labute approximate surface area is 89.0 Å². The van der Waals surface area contributed by atoms with Gasteiger partial charge in [0.25, 0.3) is 0 Å². The Bertz CT molecular complexity index is 358. The normalized spacial score (nSPS) is 14.8. The second kappa shape index (κ2) is 3.93. The zero-order valence-corrected chi connectivity index (χ0v) is 8.95. The Morgan fingerprint density at radius 3 is 2.13 bits per heavy atom. The van der Waals surface area contributed by atoms with Crippen LogP contribution in [-0.2, 0) is 0 Å². The minimum atomic E-state index is 0.143. The molecule has 0 spiro atoms. The van der Waals surface area contributed by atoms with Crippen molar-refractivity contribution in [2.45, 2.75) is 12.8 Å². The van der Waals surface area contributed by atoms with Crippen LogP contribution in [0.2, 0.25) is 0 Å². The van der Waals surface area contributed by atoms with Crippen LogP contribution < -0.4 is 9.47 Å². The Morgan fingerprint density at radius 2 is 1.73 bits per heavy atom. The molecule has 3 heteroatoms. The van der Waals surface area contributed by atoms with Crippen molar-refractivity contribution in [3.8, 4) is 11.5 Å². The highest BCUT2D eigenvalue weighted by Gasteiger charge is 2.33. The van der Waals surface area contributed by atoms with E-state index in [1.165, 1.54) is 0 Å². The molecule has 0 aliphatic heterocycles. The van der Waals surface area contributed by atoms with Crippen molar-refractivity contribution < 1.29 is 14.3 Å². The number of ether oxygens (including phenoxy) is 2. The molecule has 0 N–H and O–H groups in total. The fraction of sp³-hybridized carbons (Fsp3) is 0.417. The maximum absolute atomic E-state index is 12.0. The summed E-state index contributed by atoms with van der Waals surface area (Å²) in [5.41, 5.74) is 0.588. The number of carbonyl (C=O) groups excluding carboxylic acids is 1. The average Bonchev–Trinajstić information content (AvgIpc) is 3.10. The minimum Gasteiger partial charge on any atom is -0.496 e. The molecule has 2 rings (SSSR count). The molecular weight excluding hydrogens is 192 g/mol. The van der Waals surface area contributed by atoms with Gasteiger partial charge in [-0.3, -0.25) is 4.79 Å². The molecular formula is C12H14O3. The van der Waals surface area contributed by atoms with E-state index >= 15 is 0 Å². The molecule has 1 aliphatic rings. The van der Waals surface area contributed by atoms with Crippen molar-refractivity contribution in [1.82, 2.24) is 0 Å². The first-order valence-electron chi connectivity index (χ1n) is 5.03. The number of rotatable bonds is 4. The zero-order chi connectivity index (χ0) is 10.8.